The maximum Gasteiger partial charge on any atom is 0.290 e. The van der Waals surface area contributed by atoms with Gasteiger partial charge in [-0.25, -0.2) is 0 Å². The number of hydrogen-bond acceptors (Lipinski definition) is 4. The summed E-state index contributed by atoms with van der Waals surface area (Å²) < 4.78 is 11.9. The van der Waals surface area contributed by atoms with Crippen molar-refractivity contribution in [1.82, 2.24) is 0 Å². The molecule has 4 heteroatoms. The van der Waals surface area contributed by atoms with Crippen LogP contribution in [0.1, 0.15) is 28.0 Å². The van der Waals surface area contributed by atoms with Gasteiger partial charge in [-0.3, -0.25) is 0 Å². The van der Waals surface area contributed by atoms with Gasteiger partial charge in [0.25, 0.3) is 5.95 Å². The van der Waals surface area contributed by atoms with Gasteiger partial charge >= 0.3 is 0 Å². The van der Waals surface area contributed by atoms with Crippen molar-refractivity contribution >= 4 is 0 Å². The van der Waals surface area contributed by atoms with Gasteiger partial charge < -0.3 is 19.4 Å². The minimum atomic E-state index is -0.804. The number of furan rings is 1. The molecule has 0 unspecified atom stereocenters. The first-order valence-corrected chi connectivity index (χ1v) is 11.2. The first-order chi connectivity index (χ1) is 16.7. The van der Waals surface area contributed by atoms with E-state index in [1.54, 1.807) is 18.2 Å². The first-order valence-electron chi connectivity index (χ1n) is 11.2. The number of fused-ring (bicyclic) bond motifs is 3. The maximum absolute atomic E-state index is 11.2. The van der Waals surface area contributed by atoms with Crippen molar-refractivity contribution in [2.45, 2.75) is 12.0 Å². The fourth-order valence-electron chi connectivity index (χ4n) is 5.22. The summed E-state index contributed by atoms with van der Waals surface area (Å²) in [6.07, 6.45) is 0. The van der Waals surface area contributed by atoms with Gasteiger partial charge in [0.15, 0.2) is 0 Å². The molecule has 1 aliphatic carbocycles. The lowest BCUT2D eigenvalue weighted by molar-refractivity contribution is 0.231. The number of aromatic hydroxyl groups is 1. The third-order valence-electron chi connectivity index (χ3n) is 6.55. The summed E-state index contributed by atoms with van der Waals surface area (Å²) in [4.78, 5) is 0. The molecule has 1 aromatic heterocycles. The van der Waals surface area contributed by atoms with Crippen LogP contribution in [0.4, 0.5) is 0 Å². The Balaban J connectivity index is 1.69. The average molecular weight is 447 g/mol. The lowest BCUT2D eigenvalue weighted by Crippen LogP contribution is -2.29. The number of aliphatic hydroxyl groups excluding tert-OH is 1. The minimum absolute atomic E-state index is 0.201. The summed E-state index contributed by atoms with van der Waals surface area (Å²) >= 11 is 0. The summed E-state index contributed by atoms with van der Waals surface area (Å²) in [6.45, 7) is -0.201. The first kappa shape index (κ1) is 20.3. The Morgan fingerprint density at radius 1 is 0.618 bits per heavy atom. The number of aliphatic hydroxyl groups is 1. The SMILES string of the molecule is OCc1ccc(Oc2ccccc2C2(c3ccccc3O)c3ccccc3-c3ccccc32)o1. The topological polar surface area (TPSA) is 62.8 Å². The lowest BCUT2D eigenvalue weighted by atomic mass is 9.67. The van der Waals surface area contributed by atoms with Crippen molar-refractivity contribution in [2.24, 2.45) is 0 Å². The molecule has 0 aliphatic heterocycles. The van der Waals surface area contributed by atoms with Crippen LogP contribution >= 0.6 is 0 Å². The fraction of sp³-hybridized carbons (Fsp3) is 0.0667. The monoisotopic (exact) mass is 446 g/mol. The number of rotatable bonds is 5. The molecule has 34 heavy (non-hydrogen) atoms. The number of phenolic OH excluding ortho intramolecular Hbond substituents is 1. The van der Waals surface area contributed by atoms with Gasteiger partial charge in [-0.1, -0.05) is 84.9 Å². The second kappa shape index (κ2) is 7.94. The van der Waals surface area contributed by atoms with Crippen molar-refractivity contribution in [3.05, 3.63) is 137 Å². The predicted molar refractivity (Wildman–Crippen MR) is 130 cm³/mol. The van der Waals surface area contributed by atoms with Gasteiger partial charge in [-0.2, -0.15) is 0 Å². The van der Waals surface area contributed by atoms with Crippen LogP contribution < -0.4 is 4.74 Å². The second-order valence-electron chi connectivity index (χ2n) is 8.34. The van der Waals surface area contributed by atoms with Crippen molar-refractivity contribution in [1.29, 1.82) is 0 Å². The zero-order valence-corrected chi connectivity index (χ0v) is 18.3. The molecule has 0 saturated heterocycles. The Labute approximate surface area is 197 Å². The van der Waals surface area contributed by atoms with Crippen LogP contribution in [0.25, 0.3) is 11.1 Å². The highest BCUT2D eigenvalue weighted by Crippen LogP contribution is 2.59. The molecule has 0 bridgehead atoms. The van der Waals surface area contributed by atoms with Crippen LogP contribution in [0.15, 0.2) is 114 Å². The summed E-state index contributed by atoms with van der Waals surface area (Å²) in [6, 6.07) is 35.3. The molecule has 0 fully saturated rings. The van der Waals surface area contributed by atoms with E-state index < -0.39 is 5.41 Å². The molecule has 0 radical (unpaired) electrons. The molecule has 4 nitrogen and oxygen atoms in total. The highest BCUT2D eigenvalue weighted by atomic mass is 16.6. The van der Waals surface area contributed by atoms with Gasteiger partial charge in [-0.05, 0) is 40.5 Å². The number of phenols is 1. The normalized spacial score (nSPS) is 13.3. The Morgan fingerprint density at radius 3 is 1.79 bits per heavy atom. The predicted octanol–water partition coefficient (Wildman–Crippen LogP) is 6.63. The standard InChI is InChI=1S/C30H22O4/c31-19-20-17-18-29(33-20)34-28-16-8-6-14-26(28)30(25-13-5-7-15-27(25)32)23-11-3-1-9-21(23)22-10-2-4-12-24(22)30/h1-18,31-32H,19H2. The number of ether oxygens (including phenoxy) is 1. The van der Waals surface area contributed by atoms with E-state index in [0.29, 0.717) is 17.5 Å². The van der Waals surface area contributed by atoms with Crippen LogP contribution in [0, 0.1) is 0 Å². The highest BCUT2D eigenvalue weighted by molar-refractivity contribution is 5.87. The van der Waals surface area contributed by atoms with E-state index in [0.717, 1.165) is 33.4 Å². The van der Waals surface area contributed by atoms with Crippen LogP contribution in [0.3, 0.4) is 0 Å². The molecule has 0 atom stereocenters. The van der Waals surface area contributed by atoms with Gasteiger partial charge in [0.1, 0.15) is 23.9 Å². The largest absolute Gasteiger partial charge is 0.508 e. The van der Waals surface area contributed by atoms with Gasteiger partial charge in [0.2, 0.25) is 0 Å². The van der Waals surface area contributed by atoms with E-state index in [1.807, 2.05) is 66.7 Å². The van der Waals surface area contributed by atoms with Crippen molar-refractivity contribution in [2.75, 3.05) is 0 Å². The zero-order chi connectivity index (χ0) is 23.1. The summed E-state index contributed by atoms with van der Waals surface area (Å²) in [5.41, 5.74) is 5.25. The zero-order valence-electron chi connectivity index (χ0n) is 18.3. The molecule has 0 amide bonds. The fourth-order valence-corrected chi connectivity index (χ4v) is 5.22. The van der Waals surface area contributed by atoms with Crippen molar-refractivity contribution < 1.29 is 19.4 Å². The molecule has 2 N–H and O–H groups in total. The number of hydrogen-bond donors (Lipinski definition) is 2. The molecule has 5 aromatic rings. The maximum atomic E-state index is 11.2. The molecule has 4 aromatic carbocycles. The third kappa shape index (κ3) is 2.89. The summed E-state index contributed by atoms with van der Waals surface area (Å²) in [7, 11) is 0. The van der Waals surface area contributed by atoms with E-state index in [9.17, 15) is 10.2 Å². The number of para-hydroxylation sites is 2. The van der Waals surface area contributed by atoms with Crippen molar-refractivity contribution in [3.63, 3.8) is 0 Å². The number of benzene rings is 4. The molecule has 0 saturated carbocycles. The molecule has 1 aliphatic rings. The molecule has 1 heterocycles. The van der Waals surface area contributed by atoms with Crippen LogP contribution in [0.5, 0.6) is 17.4 Å². The lowest BCUT2D eigenvalue weighted by Gasteiger charge is -2.35. The van der Waals surface area contributed by atoms with E-state index in [2.05, 4.69) is 24.3 Å². The summed E-state index contributed by atoms with van der Waals surface area (Å²) in [5.74, 6) is 1.54. The Morgan fingerprint density at radius 2 is 1.18 bits per heavy atom. The van der Waals surface area contributed by atoms with E-state index >= 15 is 0 Å². The van der Waals surface area contributed by atoms with Gasteiger partial charge in [0, 0.05) is 17.2 Å². The average Bonchev–Trinajstić information content (AvgIpc) is 3.46. The minimum Gasteiger partial charge on any atom is -0.508 e. The van der Waals surface area contributed by atoms with Crippen LogP contribution in [0.2, 0.25) is 0 Å². The Hall–Kier alpha value is -4.28. The smallest absolute Gasteiger partial charge is 0.290 e. The Kier molecular flexibility index (Phi) is 4.75. The second-order valence-corrected chi connectivity index (χ2v) is 8.34. The van der Waals surface area contributed by atoms with E-state index in [4.69, 9.17) is 9.15 Å². The molecular weight excluding hydrogens is 424 g/mol. The Bertz CT molecular complexity index is 1450. The van der Waals surface area contributed by atoms with Crippen LogP contribution in [-0.4, -0.2) is 10.2 Å². The quantitative estimate of drug-likeness (QED) is 0.312. The van der Waals surface area contributed by atoms with Gasteiger partial charge in [0.05, 0.1) is 5.41 Å². The van der Waals surface area contributed by atoms with Crippen molar-refractivity contribution in [3.8, 4) is 28.6 Å². The van der Waals surface area contributed by atoms with E-state index in [-0.39, 0.29) is 12.4 Å². The van der Waals surface area contributed by atoms with Crippen LogP contribution in [-0.2, 0) is 12.0 Å². The van der Waals surface area contributed by atoms with E-state index in [1.165, 1.54) is 0 Å². The molecule has 6 rings (SSSR count). The van der Waals surface area contributed by atoms with Gasteiger partial charge in [-0.15, -0.1) is 0 Å². The molecule has 166 valence electrons. The molecule has 0 spiro atoms. The highest BCUT2D eigenvalue weighted by Gasteiger charge is 2.48. The molecular formula is C30H22O4. The third-order valence-corrected chi connectivity index (χ3v) is 6.55. The summed E-state index contributed by atoms with van der Waals surface area (Å²) in [5, 5.41) is 20.6.